The van der Waals surface area contributed by atoms with Crippen LogP contribution < -0.4 is 5.32 Å². The molecular formula is C21H20N4OS. The van der Waals surface area contributed by atoms with Gasteiger partial charge in [0, 0.05) is 35.4 Å². The maximum absolute atomic E-state index is 10.2. The van der Waals surface area contributed by atoms with Gasteiger partial charge in [-0.15, -0.1) is 11.3 Å². The predicted molar refractivity (Wildman–Crippen MR) is 111 cm³/mol. The van der Waals surface area contributed by atoms with Gasteiger partial charge in [0.25, 0.3) is 0 Å². The van der Waals surface area contributed by atoms with E-state index < -0.39 is 5.60 Å². The summed E-state index contributed by atoms with van der Waals surface area (Å²) in [6.45, 7) is 3.92. The average molecular weight is 376 g/mol. The van der Waals surface area contributed by atoms with Gasteiger partial charge < -0.3 is 10.4 Å². The third-order valence-corrected chi connectivity index (χ3v) is 5.00. The normalized spacial score (nSPS) is 11.7. The van der Waals surface area contributed by atoms with Gasteiger partial charge in [-0.2, -0.15) is 0 Å². The molecule has 0 spiro atoms. The number of nitrogens with zero attached hydrogens (tertiary/aromatic N) is 3. The van der Waals surface area contributed by atoms with Crippen LogP contribution in [0.2, 0.25) is 0 Å². The Balaban J connectivity index is 1.89. The van der Waals surface area contributed by atoms with Crippen molar-refractivity contribution in [1.82, 2.24) is 15.0 Å². The van der Waals surface area contributed by atoms with E-state index in [1.54, 1.807) is 37.6 Å². The number of hydrogen-bond acceptors (Lipinski definition) is 6. The number of aliphatic hydroxyl groups is 1. The number of nitrogens with one attached hydrogen (secondary N) is 1. The summed E-state index contributed by atoms with van der Waals surface area (Å²) in [7, 11) is 0. The first-order valence-corrected chi connectivity index (χ1v) is 9.60. The molecule has 0 aliphatic carbocycles. The minimum atomic E-state index is -0.853. The van der Waals surface area contributed by atoms with Crippen LogP contribution >= 0.6 is 11.3 Å². The molecule has 0 unspecified atom stereocenters. The van der Waals surface area contributed by atoms with Crippen LogP contribution in [-0.2, 0) is 0 Å². The van der Waals surface area contributed by atoms with Gasteiger partial charge in [0.1, 0.15) is 10.6 Å². The first-order chi connectivity index (χ1) is 13.0. The van der Waals surface area contributed by atoms with E-state index >= 15 is 0 Å². The van der Waals surface area contributed by atoms with Crippen molar-refractivity contribution in [2.45, 2.75) is 19.4 Å². The SMILES string of the molecule is CC(C)(O)CNc1nc(-c2cccnc2)nc2scc(-c3ccccc3)c12. The molecule has 0 aliphatic heterocycles. The van der Waals surface area contributed by atoms with Crippen molar-refractivity contribution in [3.8, 4) is 22.5 Å². The van der Waals surface area contributed by atoms with Gasteiger partial charge in [0.2, 0.25) is 0 Å². The van der Waals surface area contributed by atoms with E-state index in [-0.39, 0.29) is 0 Å². The quantitative estimate of drug-likeness (QED) is 0.532. The van der Waals surface area contributed by atoms with E-state index in [0.29, 0.717) is 12.4 Å². The highest BCUT2D eigenvalue weighted by atomic mass is 32.1. The zero-order valence-corrected chi connectivity index (χ0v) is 16.0. The molecule has 3 aromatic heterocycles. The maximum atomic E-state index is 10.2. The molecule has 4 rings (SSSR count). The van der Waals surface area contributed by atoms with Crippen molar-refractivity contribution < 1.29 is 5.11 Å². The van der Waals surface area contributed by atoms with Gasteiger partial charge in [0.05, 0.1) is 11.0 Å². The van der Waals surface area contributed by atoms with Crippen molar-refractivity contribution in [2.24, 2.45) is 0 Å². The minimum Gasteiger partial charge on any atom is -0.389 e. The molecule has 0 radical (unpaired) electrons. The summed E-state index contributed by atoms with van der Waals surface area (Å²) in [6, 6.07) is 14.0. The standard InChI is InChI=1S/C21H20N4OS/c1-21(2,26)13-23-19-17-16(14-7-4-3-5-8-14)12-27-20(17)25-18(24-19)15-9-6-10-22-11-15/h3-12,26H,13H2,1-2H3,(H,23,24,25). The molecule has 0 amide bonds. The van der Waals surface area contributed by atoms with Crippen molar-refractivity contribution in [3.63, 3.8) is 0 Å². The van der Waals surface area contributed by atoms with E-state index in [4.69, 9.17) is 9.97 Å². The second-order valence-electron chi connectivity index (χ2n) is 7.00. The molecule has 27 heavy (non-hydrogen) atoms. The smallest absolute Gasteiger partial charge is 0.164 e. The van der Waals surface area contributed by atoms with Crippen LogP contribution in [0.1, 0.15) is 13.8 Å². The molecule has 3 heterocycles. The Hall–Kier alpha value is -2.83. The molecule has 0 bridgehead atoms. The monoisotopic (exact) mass is 376 g/mol. The lowest BCUT2D eigenvalue weighted by Gasteiger charge is -2.19. The summed E-state index contributed by atoms with van der Waals surface area (Å²) in [4.78, 5) is 14.6. The number of aromatic nitrogens is 3. The Bertz CT molecular complexity index is 1060. The fraction of sp³-hybridized carbons (Fsp3) is 0.190. The number of anilines is 1. The van der Waals surface area contributed by atoms with Crippen LogP contribution in [-0.4, -0.2) is 32.2 Å². The zero-order chi connectivity index (χ0) is 18.9. The average Bonchev–Trinajstić information content (AvgIpc) is 3.11. The topological polar surface area (TPSA) is 70.9 Å². The summed E-state index contributed by atoms with van der Waals surface area (Å²) in [5.41, 5.74) is 2.22. The molecule has 6 heteroatoms. The molecule has 0 saturated heterocycles. The summed E-state index contributed by atoms with van der Waals surface area (Å²) in [6.07, 6.45) is 3.49. The fourth-order valence-electron chi connectivity index (χ4n) is 2.82. The Morgan fingerprint density at radius 2 is 1.81 bits per heavy atom. The lowest BCUT2D eigenvalue weighted by molar-refractivity contribution is 0.0944. The van der Waals surface area contributed by atoms with E-state index in [1.165, 1.54) is 0 Å². The third-order valence-electron chi connectivity index (χ3n) is 4.13. The van der Waals surface area contributed by atoms with Gasteiger partial charge >= 0.3 is 0 Å². The van der Waals surface area contributed by atoms with Crippen LogP contribution in [0.15, 0.2) is 60.2 Å². The van der Waals surface area contributed by atoms with E-state index in [1.807, 2.05) is 30.3 Å². The first-order valence-electron chi connectivity index (χ1n) is 8.72. The Morgan fingerprint density at radius 3 is 2.52 bits per heavy atom. The number of pyridine rings is 1. The highest BCUT2D eigenvalue weighted by Gasteiger charge is 2.19. The van der Waals surface area contributed by atoms with Crippen LogP contribution in [0.25, 0.3) is 32.7 Å². The van der Waals surface area contributed by atoms with E-state index in [9.17, 15) is 5.11 Å². The molecular weight excluding hydrogens is 356 g/mol. The first kappa shape index (κ1) is 17.6. The molecule has 0 saturated carbocycles. The van der Waals surface area contributed by atoms with Crippen LogP contribution in [0, 0.1) is 0 Å². The second-order valence-corrected chi connectivity index (χ2v) is 7.86. The van der Waals surface area contributed by atoms with Gasteiger partial charge in [-0.3, -0.25) is 4.98 Å². The van der Waals surface area contributed by atoms with Crippen LogP contribution in [0.5, 0.6) is 0 Å². The summed E-state index contributed by atoms with van der Waals surface area (Å²) in [5.74, 6) is 1.34. The Kier molecular flexibility index (Phi) is 4.59. The third kappa shape index (κ3) is 3.82. The lowest BCUT2D eigenvalue weighted by Crippen LogP contribution is -2.29. The summed E-state index contributed by atoms with van der Waals surface area (Å²) >= 11 is 1.59. The molecule has 1 aromatic carbocycles. The zero-order valence-electron chi connectivity index (χ0n) is 15.2. The largest absolute Gasteiger partial charge is 0.389 e. The number of benzene rings is 1. The predicted octanol–water partition coefficient (Wildman–Crippen LogP) is 4.60. The molecule has 0 aliphatic rings. The van der Waals surface area contributed by atoms with Gasteiger partial charge in [-0.25, -0.2) is 9.97 Å². The van der Waals surface area contributed by atoms with E-state index in [2.05, 4.69) is 27.8 Å². The van der Waals surface area contributed by atoms with Crippen molar-refractivity contribution in [3.05, 3.63) is 60.2 Å². The second kappa shape index (κ2) is 7.06. The van der Waals surface area contributed by atoms with Gasteiger partial charge in [-0.05, 0) is 31.5 Å². The Morgan fingerprint density at radius 1 is 1.04 bits per heavy atom. The lowest BCUT2D eigenvalue weighted by atomic mass is 10.1. The van der Waals surface area contributed by atoms with Crippen molar-refractivity contribution in [2.75, 3.05) is 11.9 Å². The number of rotatable bonds is 5. The molecule has 136 valence electrons. The number of thiophene rings is 1. The molecule has 5 nitrogen and oxygen atoms in total. The molecule has 4 aromatic rings. The Labute approximate surface area is 161 Å². The maximum Gasteiger partial charge on any atom is 0.164 e. The summed E-state index contributed by atoms with van der Waals surface area (Å²) < 4.78 is 0. The molecule has 2 N–H and O–H groups in total. The van der Waals surface area contributed by atoms with Gasteiger partial charge in [-0.1, -0.05) is 30.3 Å². The molecule has 0 fully saturated rings. The molecule has 0 atom stereocenters. The highest BCUT2D eigenvalue weighted by Crippen LogP contribution is 2.38. The van der Waals surface area contributed by atoms with E-state index in [0.717, 1.165) is 32.7 Å². The fourth-order valence-corrected chi connectivity index (χ4v) is 3.77. The minimum absolute atomic E-state index is 0.385. The van der Waals surface area contributed by atoms with Crippen molar-refractivity contribution >= 4 is 27.4 Å². The number of hydrogen-bond donors (Lipinski definition) is 2. The van der Waals surface area contributed by atoms with Crippen LogP contribution in [0.4, 0.5) is 5.82 Å². The highest BCUT2D eigenvalue weighted by molar-refractivity contribution is 7.17. The van der Waals surface area contributed by atoms with Crippen LogP contribution in [0.3, 0.4) is 0 Å². The summed E-state index contributed by atoms with van der Waals surface area (Å²) in [5, 5.41) is 16.6. The van der Waals surface area contributed by atoms with Gasteiger partial charge in [0.15, 0.2) is 5.82 Å². The van der Waals surface area contributed by atoms with Crippen molar-refractivity contribution in [1.29, 1.82) is 0 Å². The number of fused-ring (bicyclic) bond motifs is 1.